The highest BCUT2D eigenvalue weighted by Gasteiger charge is 2.23. The van der Waals surface area contributed by atoms with Crippen LogP contribution in [0.15, 0.2) is 42.5 Å². The van der Waals surface area contributed by atoms with Crippen molar-refractivity contribution >= 4 is 17.5 Å². The van der Waals surface area contributed by atoms with Crippen LogP contribution in [0.4, 0.5) is 10.1 Å². The van der Waals surface area contributed by atoms with Gasteiger partial charge in [-0.15, -0.1) is 0 Å². The van der Waals surface area contributed by atoms with Gasteiger partial charge in [0, 0.05) is 38.4 Å². The fourth-order valence-corrected chi connectivity index (χ4v) is 3.33. The number of carbonyl (C=O) groups excluding carboxylic acids is 2. The standard InChI is InChI=1S/C22H27FN4O2/c1-2-3-4-12-24-21(28)19-6-5-7-20(25-19)22(29)27-15-13-26(14-16-27)18-10-8-17(23)9-11-18/h5-11H,2-4,12-16H2,1H3,(H,24,28). The highest BCUT2D eigenvalue weighted by molar-refractivity contribution is 5.96. The van der Waals surface area contributed by atoms with Crippen molar-refractivity contribution in [2.45, 2.75) is 26.2 Å². The molecule has 0 spiro atoms. The predicted octanol–water partition coefficient (Wildman–Crippen LogP) is 3.10. The summed E-state index contributed by atoms with van der Waals surface area (Å²) in [5.41, 5.74) is 1.48. The zero-order chi connectivity index (χ0) is 20.6. The van der Waals surface area contributed by atoms with E-state index in [0.717, 1.165) is 24.9 Å². The SMILES string of the molecule is CCCCCNC(=O)c1cccc(C(=O)N2CCN(c3ccc(F)cc3)CC2)n1. The summed E-state index contributed by atoms with van der Waals surface area (Å²) in [7, 11) is 0. The van der Waals surface area contributed by atoms with Crippen molar-refractivity contribution in [3.05, 3.63) is 59.7 Å². The fraction of sp³-hybridized carbons (Fsp3) is 0.409. The lowest BCUT2D eigenvalue weighted by atomic mass is 10.2. The summed E-state index contributed by atoms with van der Waals surface area (Å²) in [6, 6.07) is 11.3. The van der Waals surface area contributed by atoms with Gasteiger partial charge in [-0.25, -0.2) is 9.37 Å². The van der Waals surface area contributed by atoms with E-state index in [9.17, 15) is 14.0 Å². The minimum absolute atomic E-state index is 0.176. The zero-order valence-electron chi connectivity index (χ0n) is 16.7. The van der Waals surface area contributed by atoms with E-state index in [1.54, 1.807) is 35.2 Å². The average Bonchev–Trinajstić information content (AvgIpc) is 2.77. The Bertz CT molecular complexity index is 833. The molecule has 2 heterocycles. The normalized spacial score (nSPS) is 14.0. The van der Waals surface area contributed by atoms with Gasteiger partial charge in [0.15, 0.2) is 0 Å². The maximum Gasteiger partial charge on any atom is 0.272 e. The molecule has 6 nitrogen and oxygen atoms in total. The smallest absolute Gasteiger partial charge is 0.272 e. The zero-order valence-corrected chi connectivity index (χ0v) is 16.7. The van der Waals surface area contributed by atoms with E-state index in [0.29, 0.717) is 32.7 Å². The summed E-state index contributed by atoms with van der Waals surface area (Å²) in [5, 5.41) is 2.85. The fourth-order valence-electron chi connectivity index (χ4n) is 3.33. The van der Waals surface area contributed by atoms with Gasteiger partial charge in [0.05, 0.1) is 0 Å². The summed E-state index contributed by atoms with van der Waals surface area (Å²) < 4.78 is 13.1. The third kappa shape index (κ3) is 5.53. The van der Waals surface area contributed by atoms with Crippen molar-refractivity contribution in [2.75, 3.05) is 37.6 Å². The number of hydrogen-bond acceptors (Lipinski definition) is 4. The Morgan fingerprint density at radius 2 is 1.69 bits per heavy atom. The Balaban J connectivity index is 1.57. The molecule has 3 rings (SSSR count). The van der Waals surface area contributed by atoms with Crippen LogP contribution >= 0.6 is 0 Å². The highest BCUT2D eigenvalue weighted by atomic mass is 19.1. The lowest BCUT2D eigenvalue weighted by Crippen LogP contribution is -2.49. The Labute approximate surface area is 170 Å². The van der Waals surface area contributed by atoms with Crippen molar-refractivity contribution in [3.63, 3.8) is 0 Å². The van der Waals surface area contributed by atoms with E-state index in [-0.39, 0.29) is 29.0 Å². The van der Waals surface area contributed by atoms with E-state index in [1.807, 2.05) is 0 Å². The van der Waals surface area contributed by atoms with Crippen LogP contribution in [0.3, 0.4) is 0 Å². The first-order chi connectivity index (χ1) is 14.1. The quantitative estimate of drug-likeness (QED) is 0.728. The first kappa shape index (κ1) is 20.8. The predicted molar refractivity (Wildman–Crippen MR) is 111 cm³/mol. The third-order valence-corrected chi connectivity index (χ3v) is 5.03. The van der Waals surface area contributed by atoms with Gasteiger partial charge in [-0.2, -0.15) is 0 Å². The van der Waals surface area contributed by atoms with E-state index < -0.39 is 0 Å². The van der Waals surface area contributed by atoms with Crippen LogP contribution in [0.5, 0.6) is 0 Å². The van der Waals surface area contributed by atoms with Gasteiger partial charge in [-0.05, 0) is 42.8 Å². The van der Waals surface area contributed by atoms with Crippen molar-refractivity contribution in [1.29, 1.82) is 0 Å². The van der Waals surface area contributed by atoms with Crippen LogP contribution in [0.25, 0.3) is 0 Å². The molecule has 0 aliphatic carbocycles. The molecule has 1 aromatic heterocycles. The molecule has 2 aromatic rings. The molecule has 1 aliphatic heterocycles. The second kappa shape index (κ2) is 10.0. The Morgan fingerprint density at radius 1 is 1.00 bits per heavy atom. The number of amides is 2. The molecule has 1 saturated heterocycles. The second-order valence-corrected chi connectivity index (χ2v) is 7.13. The summed E-state index contributed by atoms with van der Waals surface area (Å²) >= 11 is 0. The van der Waals surface area contributed by atoms with Crippen LogP contribution < -0.4 is 10.2 Å². The molecular weight excluding hydrogens is 371 g/mol. The highest BCUT2D eigenvalue weighted by Crippen LogP contribution is 2.17. The van der Waals surface area contributed by atoms with Crippen LogP contribution in [0.2, 0.25) is 0 Å². The number of aromatic nitrogens is 1. The molecule has 7 heteroatoms. The molecule has 154 valence electrons. The number of benzene rings is 1. The van der Waals surface area contributed by atoms with Gasteiger partial charge in [-0.1, -0.05) is 25.8 Å². The first-order valence-corrected chi connectivity index (χ1v) is 10.1. The Hall–Kier alpha value is -2.96. The summed E-state index contributed by atoms with van der Waals surface area (Å²) in [6.07, 6.45) is 3.09. The number of nitrogens with one attached hydrogen (secondary N) is 1. The number of hydrogen-bond donors (Lipinski definition) is 1. The number of carbonyl (C=O) groups is 2. The largest absolute Gasteiger partial charge is 0.368 e. The lowest BCUT2D eigenvalue weighted by Gasteiger charge is -2.36. The van der Waals surface area contributed by atoms with Crippen LogP contribution in [0, 0.1) is 5.82 Å². The van der Waals surface area contributed by atoms with Gasteiger partial charge in [0.25, 0.3) is 11.8 Å². The summed E-state index contributed by atoms with van der Waals surface area (Å²) in [4.78, 5) is 33.2. The minimum atomic E-state index is -0.261. The molecule has 0 unspecified atom stereocenters. The van der Waals surface area contributed by atoms with Gasteiger partial charge in [0.1, 0.15) is 17.2 Å². The van der Waals surface area contributed by atoms with E-state index in [2.05, 4.69) is 22.1 Å². The topological polar surface area (TPSA) is 65.5 Å². The number of pyridine rings is 1. The van der Waals surface area contributed by atoms with Crippen LogP contribution in [-0.2, 0) is 0 Å². The third-order valence-electron chi connectivity index (χ3n) is 5.03. The molecule has 0 bridgehead atoms. The molecule has 1 N–H and O–H groups in total. The van der Waals surface area contributed by atoms with Gasteiger partial charge >= 0.3 is 0 Å². The van der Waals surface area contributed by atoms with Gasteiger partial charge in [0.2, 0.25) is 0 Å². The maximum absolute atomic E-state index is 13.1. The molecule has 0 saturated carbocycles. The molecule has 2 amide bonds. The number of rotatable bonds is 7. The summed E-state index contributed by atoms with van der Waals surface area (Å²) in [5.74, 6) is -0.691. The van der Waals surface area contributed by atoms with Gasteiger partial charge in [-0.3, -0.25) is 9.59 Å². The number of halogens is 1. The first-order valence-electron chi connectivity index (χ1n) is 10.1. The number of unbranched alkanes of at least 4 members (excludes halogenated alkanes) is 2. The van der Waals surface area contributed by atoms with E-state index in [1.165, 1.54) is 12.1 Å². The van der Waals surface area contributed by atoms with Crippen molar-refractivity contribution in [2.24, 2.45) is 0 Å². The number of piperazine rings is 1. The molecule has 29 heavy (non-hydrogen) atoms. The monoisotopic (exact) mass is 398 g/mol. The molecule has 0 radical (unpaired) electrons. The van der Waals surface area contributed by atoms with Crippen molar-refractivity contribution < 1.29 is 14.0 Å². The molecular formula is C22H27FN4O2. The molecule has 1 aliphatic rings. The molecule has 1 fully saturated rings. The Morgan fingerprint density at radius 3 is 2.38 bits per heavy atom. The van der Waals surface area contributed by atoms with Crippen molar-refractivity contribution in [1.82, 2.24) is 15.2 Å². The Kier molecular flexibility index (Phi) is 7.16. The van der Waals surface area contributed by atoms with Crippen LogP contribution in [-0.4, -0.2) is 54.4 Å². The van der Waals surface area contributed by atoms with E-state index in [4.69, 9.17) is 0 Å². The minimum Gasteiger partial charge on any atom is -0.368 e. The number of nitrogens with zero attached hydrogens (tertiary/aromatic N) is 3. The average molecular weight is 398 g/mol. The lowest BCUT2D eigenvalue weighted by molar-refractivity contribution is 0.0740. The second-order valence-electron chi connectivity index (χ2n) is 7.13. The molecule has 0 atom stereocenters. The van der Waals surface area contributed by atoms with Gasteiger partial charge < -0.3 is 15.1 Å². The maximum atomic E-state index is 13.1. The summed E-state index contributed by atoms with van der Waals surface area (Å²) in [6.45, 7) is 5.14. The van der Waals surface area contributed by atoms with Crippen molar-refractivity contribution in [3.8, 4) is 0 Å². The van der Waals surface area contributed by atoms with E-state index >= 15 is 0 Å². The van der Waals surface area contributed by atoms with Crippen LogP contribution in [0.1, 0.15) is 47.2 Å². The number of anilines is 1. The molecule has 1 aromatic carbocycles.